The Labute approximate surface area is 173 Å². The molecule has 1 aliphatic heterocycles. The second kappa shape index (κ2) is 9.52. The molecule has 1 aliphatic rings. The van der Waals surface area contributed by atoms with Gasteiger partial charge in [0, 0.05) is 18.7 Å². The van der Waals surface area contributed by atoms with E-state index in [0.29, 0.717) is 23.2 Å². The van der Waals surface area contributed by atoms with E-state index < -0.39 is 0 Å². The van der Waals surface area contributed by atoms with E-state index >= 15 is 0 Å². The maximum atomic E-state index is 13.2. The molecule has 2 aromatic carbocycles. The minimum Gasteiger partial charge on any atom is -0.370 e. The summed E-state index contributed by atoms with van der Waals surface area (Å²) >= 11 is 1.52. The van der Waals surface area contributed by atoms with Gasteiger partial charge in [-0.15, -0.1) is 0 Å². The van der Waals surface area contributed by atoms with Crippen LogP contribution in [0, 0.1) is 5.82 Å². The lowest BCUT2D eigenvalue weighted by molar-refractivity contribution is -0.908. The number of thioether (sulfide) groups is 1. The van der Waals surface area contributed by atoms with Gasteiger partial charge in [-0.05, 0) is 29.8 Å². The topological polar surface area (TPSA) is 48.6 Å². The van der Waals surface area contributed by atoms with Crippen molar-refractivity contribution in [1.82, 2.24) is 9.55 Å². The van der Waals surface area contributed by atoms with Crippen molar-refractivity contribution in [2.75, 3.05) is 32.8 Å². The molecule has 0 atom stereocenters. The smallest absolute Gasteiger partial charge is 0.262 e. The zero-order valence-electron chi connectivity index (χ0n) is 16.3. The van der Waals surface area contributed by atoms with Gasteiger partial charge in [-0.1, -0.05) is 36.0 Å². The summed E-state index contributed by atoms with van der Waals surface area (Å²) in [5.41, 5.74) is 1.73. The summed E-state index contributed by atoms with van der Waals surface area (Å²) in [5, 5.41) is 1.37. The van der Waals surface area contributed by atoms with Gasteiger partial charge in [-0.3, -0.25) is 9.36 Å². The Hall–Kier alpha value is -2.22. The average Bonchev–Trinajstić information content (AvgIpc) is 2.76. The van der Waals surface area contributed by atoms with Crippen molar-refractivity contribution < 1.29 is 14.0 Å². The number of aromatic nitrogens is 2. The number of quaternary nitrogens is 1. The number of benzene rings is 2. The number of hydrogen-bond donors (Lipinski definition) is 1. The van der Waals surface area contributed by atoms with Gasteiger partial charge >= 0.3 is 0 Å². The number of para-hydroxylation sites is 1. The van der Waals surface area contributed by atoms with Crippen molar-refractivity contribution in [2.45, 2.75) is 23.9 Å². The summed E-state index contributed by atoms with van der Waals surface area (Å²) in [4.78, 5) is 19.4. The third-order valence-electron chi connectivity index (χ3n) is 5.22. The average molecular weight is 415 g/mol. The molecule has 152 valence electrons. The largest absolute Gasteiger partial charge is 0.370 e. The van der Waals surface area contributed by atoms with Crippen molar-refractivity contribution in [1.29, 1.82) is 0 Å². The molecule has 1 fully saturated rings. The van der Waals surface area contributed by atoms with Crippen molar-refractivity contribution in [3.8, 4) is 0 Å². The molecule has 0 amide bonds. The van der Waals surface area contributed by atoms with E-state index in [1.165, 1.54) is 28.8 Å². The third-order valence-corrected chi connectivity index (χ3v) is 6.27. The zero-order valence-corrected chi connectivity index (χ0v) is 17.1. The first-order valence-electron chi connectivity index (χ1n) is 9.99. The third kappa shape index (κ3) is 5.04. The maximum absolute atomic E-state index is 13.2. The maximum Gasteiger partial charge on any atom is 0.262 e. The first-order chi connectivity index (χ1) is 14.2. The lowest BCUT2D eigenvalue weighted by Gasteiger charge is -2.24. The van der Waals surface area contributed by atoms with Crippen LogP contribution >= 0.6 is 11.8 Å². The van der Waals surface area contributed by atoms with Crippen molar-refractivity contribution in [3.63, 3.8) is 0 Å². The number of nitrogens with one attached hydrogen (secondary N) is 1. The predicted molar refractivity (Wildman–Crippen MR) is 113 cm³/mol. The highest BCUT2D eigenvalue weighted by Crippen LogP contribution is 2.22. The van der Waals surface area contributed by atoms with Gasteiger partial charge in [0.15, 0.2) is 5.16 Å². The summed E-state index contributed by atoms with van der Waals surface area (Å²) in [7, 11) is 0. The molecule has 0 saturated carbocycles. The highest BCUT2D eigenvalue weighted by molar-refractivity contribution is 7.98. The predicted octanol–water partition coefficient (Wildman–Crippen LogP) is 2.13. The molecular formula is C22H25FN3O2S+. The summed E-state index contributed by atoms with van der Waals surface area (Å²) in [5.74, 6) is 0.393. The fraction of sp³-hybridized carbons (Fsp3) is 0.364. The van der Waals surface area contributed by atoms with Gasteiger partial charge in [0.25, 0.3) is 5.56 Å². The zero-order chi connectivity index (χ0) is 20.1. The molecule has 1 N–H and O–H groups in total. The van der Waals surface area contributed by atoms with E-state index in [1.807, 2.05) is 24.3 Å². The van der Waals surface area contributed by atoms with Crippen molar-refractivity contribution >= 4 is 22.7 Å². The van der Waals surface area contributed by atoms with Crippen LogP contribution in [0.4, 0.5) is 4.39 Å². The Morgan fingerprint density at radius 1 is 1.10 bits per heavy atom. The van der Waals surface area contributed by atoms with Crippen LogP contribution in [0.3, 0.4) is 0 Å². The van der Waals surface area contributed by atoms with Crippen LogP contribution in [-0.2, 0) is 17.0 Å². The Morgan fingerprint density at radius 2 is 1.86 bits per heavy atom. The molecule has 0 spiro atoms. The quantitative estimate of drug-likeness (QED) is 0.475. The monoisotopic (exact) mass is 414 g/mol. The number of morpholine rings is 1. The number of nitrogens with zero attached hydrogens (tertiary/aromatic N) is 2. The fourth-order valence-electron chi connectivity index (χ4n) is 3.58. The molecular weight excluding hydrogens is 389 g/mol. The van der Waals surface area contributed by atoms with Crippen LogP contribution in [0.25, 0.3) is 10.9 Å². The van der Waals surface area contributed by atoms with Crippen molar-refractivity contribution in [2.24, 2.45) is 0 Å². The Kier molecular flexibility index (Phi) is 6.59. The standard InChI is InChI=1S/C22H24FN3O2S/c23-18-8-6-17(7-9-18)16-29-22-24-20-5-2-1-4-19(20)21(27)26(22)11-3-10-25-12-14-28-15-13-25/h1-2,4-9H,3,10-16H2/p+1. The number of rotatable bonds is 7. The van der Waals surface area contributed by atoms with E-state index in [1.54, 1.807) is 16.7 Å². The summed E-state index contributed by atoms with van der Waals surface area (Å²) in [6.07, 6.45) is 0.916. The molecule has 5 nitrogen and oxygen atoms in total. The molecule has 29 heavy (non-hydrogen) atoms. The SMILES string of the molecule is O=c1c2ccccc2nc(SCc2ccc(F)cc2)n1CCC[NH+]1CCOCC1. The van der Waals surface area contributed by atoms with Gasteiger partial charge < -0.3 is 9.64 Å². The normalized spacial score (nSPS) is 15.1. The van der Waals surface area contributed by atoms with E-state index in [4.69, 9.17) is 9.72 Å². The Bertz CT molecular complexity index is 1020. The van der Waals surface area contributed by atoms with Crippen molar-refractivity contribution in [3.05, 3.63) is 70.3 Å². The highest BCUT2D eigenvalue weighted by Gasteiger charge is 2.15. The molecule has 1 saturated heterocycles. The van der Waals surface area contributed by atoms with Crippen LogP contribution in [0.5, 0.6) is 0 Å². The van der Waals surface area contributed by atoms with Crippen LogP contribution in [0.15, 0.2) is 58.5 Å². The van der Waals surface area contributed by atoms with Gasteiger partial charge in [0.1, 0.15) is 18.9 Å². The summed E-state index contributed by atoms with van der Waals surface area (Å²) in [6.45, 7) is 5.34. The van der Waals surface area contributed by atoms with Crippen LogP contribution in [-0.4, -0.2) is 42.4 Å². The number of ether oxygens (including phenoxy) is 1. The van der Waals surface area contributed by atoms with Gasteiger partial charge in [0.05, 0.1) is 30.7 Å². The molecule has 2 heterocycles. The molecule has 0 unspecified atom stereocenters. The second-order valence-corrected chi connectivity index (χ2v) is 8.19. The van der Waals surface area contributed by atoms with Gasteiger partial charge in [-0.25, -0.2) is 9.37 Å². The molecule has 7 heteroatoms. The number of halogens is 1. The van der Waals surface area contributed by atoms with Crippen LogP contribution < -0.4 is 10.5 Å². The molecule has 4 rings (SSSR count). The summed E-state index contributed by atoms with van der Waals surface area (Å²) in [6, 6.07) is 13.9. The van der Waals surface area contributed by atoms with Crippen LogP contribution in [0.2, 0.25) is 0 Å². The molecule has 0 aliphatic carbocycles. The molecule has 0 radical (unpaired) electrons. The van der Waals surface area contributed by atoms with Gasteiger partial charge in [0.2, 0.25) is 0 Å². The minimum atomic E-state index is -0.245. The second-order valence-electron chi connectivity index (χ2n) is 7.25. The Morgan fingerprint density at radius 3 is 2.66 bits per heavy atom. The molecule has 0 bridgehead atoms. The fourth-order valence-corrected chi connectivity index (χ4v) is 4.56. The first-order valence-corrected chi connectivity index (χ1v) is 11.0. The first kappa shape index (κ1) is 20.1. The van der Waals surface area contributed by atoms with E-state index in [-0.39, 0.29) is 11.4 Å². The molecule has 1 aromatic heterocycles. The molecule has 3 aromatic rings. The highest BCUT2D eigenvalue weighted by atomic mass is 32.2. The Balaban J connectivity index is 1.54. The lowest BCUT2D eigenvalue weighted by Crippen LogP contribution is -3.14. The van der Waals surface area contributed by atoms with E-state index in [9.17, 15) is 9.18 Å². The lowest BCUT2D eigenvalue weighted by atomic mass is 10.2. The van der Waals surface area contributed by atoms with Crippen LogP contribution in [0.1, 0.15) is 12.0 Å². The number of fused-ring (bicyclic) bond motifs is 1. The van der Waals surface area contributed by atoms with Gasteiger partial charge in [-0.2, -0.15) is 0 Å². The number of hydrogen-bond acceptors (Lipinski definition) is 4. The minimum absolute atomic E-state index is 0.00850. The van der Waals surface area contributed by atoms with E-state index in [0.717, 1.165) is 50.0 Å². The van der Waals surface area contributed by atoms with E-state index in [2.05, 4.69) is 0 Å². The summed E-state index contributed by atoms with van der Waals surface area (Å²) < 4.78 is 20.4.